The molecule has 2 N–H and O–H groups in total. The number of fused-ring (bicyclic) bond motifs is 3. The van der Waals surface area contributed by atoms with Crippen LogP contribution in [-0.4, -0.2) is 36.1 Å². The summed E-state index contributed by atoms with van der Waals surface area (Å²) in [7, 11) is 0. The number of para-hydroxylation sites is 1. The lowest BCUT2D eigenvalue weighted by Gasteiger charge is -2.14. The number of hydrogen-bond donors (Lipinski definition) is 2. The molecule has 0 atom stereocenters. The van der Waals surface area contributed by atoms with Gasteiger partial charge in [0.2, 0.25) is 5.91 Å². The van der Waals surface area contributed by atoms with Crippen LogP contribution in [0.15, 0.2) is 88.5 Å². The zero-order chi connectivity index (χ0) is 28.7. The smallest absolute Gasteiger partial charge is 0.234 e. The van der Waals surface area contributed by atoms with Gasteiger partial charge in [-0.2, -0.15) is 0 Å². The summed E-state index contributed by atoms with van der Waals surface area (Å²) >= 11 is 4.79. The molecule has 206 valence electrons. The van der Waals surface area contributed by atoms with Crippen molar-refractivity contribution in [2.75, 3.05) is 11.1 Å². The molecule has 2 aromatic heterocycles. The maximum Gasteiger partial charge on any atom is 0.234 e. The van der Waals surface area contributed by atoms with Crippen molar-refractivity contribution in [3.8, 4) is 22.8 Å². The molecule has 0 bridgehead atoms. The summed E-state index contributed by atoms with van der Waals surface area (Å²) in [5.41, 5.74) is 6.68. The summed E-state index contributed by atoms with van der Waals surface area (Å²) in [6.45, 7) is 7.08. The average molecular weight is 627 g/mol. The summed E-state index contributed by atoms with van der Waals surface area (Å²) in [4.78, 5) is 13.1. The van der Waals surface area contributed by atoms with Crippen LogP contribution in [0.3, 0.4) is 0 Å². The average Bonchev–Trinajstić information content (AvgIpc) is 3.52. The van der Waals surface area contributed by atoms with Gasteiger partial charge in [-0.3, -0.25) is 9.36 Å². The minimum Gasteiger partial charge on any atom is -0.507 e. The molecule has 0 aliphatic carbocycles. The van der Waals surface area contributed by atoms with Crippen LogP contribution in [0.1, 0.15) is 18.1 Å². The van der Waals surface area contributed by atoms with E-state index in [1.807, 2.05) is 60.9 Å². The lowest BCUT2D eigenvalue weighted by molar-refractivity contribution is -0.113. The zero-order valence-corrected chi connectivity index (χ0v) is 25.3. The molecular weight excluding hydrogens is 598 g/mol. The number of aromatic nitrogens is 4. The Morgan fingerprint density at radius 3 is 2.56 bits per heavy atom. The van der Waals surface area contributed by atoms with E-state index >= 15 is 0 Å². The molecule has 41 heavy (non-hydrogen) atoms. The van der Waals surface area contributed by atoms with Gasteiger partial charge in [-0.25, -0.2) is 0 Å². The van der Waals surface area contributed by atoms with Gasteiger partial charge >= 0.3 is 0 Å². The number of halogens is 1. The van der Waals surface area contributed by atoms with Gasteiger partial charge in [0.15, 0.2) is 11.0 Å². The number of nitrogens with zero attached hydrogens (tertiary/aromatic N) is 4. The normalized spacial score (nSPS) is 11.4. The zero-order valence-electron chi connectivity index (χ0n) is 22.9. The van der Waals surface area contributed by atoms with Crippen LogP contribution in [0.5, 0.6) is 5.75 Å². The number of aryl methyl sites for hydroxylation is 3. The number of thioether (sulfide) groups is 1. The van der Waals surface area contributed by atoms with E-state index in [1.165, 1.54) is 22.7 Å². The second-order valence-corrected chi connectivity index (χ2v) is 11.8. The number of nitrogens with one attached hydrogen (secondary N) is 1. The minimum absolute atomic E-state index is 0.0979. The first-order valence-corrected chi connectivity index (χ1v) is 15.1. The summed E-state index contributed by atoms with van der Waals surface area (Å²) < 4.78 is 5.00. The molecule has 0 aliphatic rings. The molecule has 1 amide bonds. The summed E-state index contributed by atoms with van der Waals surface area (Å²) in [5, 5.41) is 25.4. The summed E-state index contributed by atoms with van der Waals surface area (Å²) in [6.07, 6.45) is 0. The number of phenols is 1. The molecular formula is C32H28BrN5O2S. The monoisotopic (exact) mass is 625 g/mol. The number of anilines is 1. The van der Waals surface area contributed by atoms with Crippen LogP contribution in [0.4, 0.5) is 5.69 Å². The third-order valence-corrected chi connectivity index (χ3v) is 8.55. The Bertz CT molecular complexity index is 1940. The predicted molar refractivity (Wildman–Crippen MR) is 170 cm³/mol. The Balaban J connectivity index is 1.30. The standard InChI is InChI=1S/C32H28BrN5O2S/c1-4-37-27-8-6-5-7-23(27)24-17-22(11-13-28(24)37)34-30(40)18-41-32-36-35-31(25-16-21(33)10-14-29(25)39)38(32)26-12-9-19(2)15-20(26)3/h5-17,39H,4,18H2,1-3H3,(H,34,40). The number of carbonyl (C=O) groups is 1. The second-order valence-electron chi connectivity index (χ2n) is 9.92. The first kappa shape index (κ1) is 27.1. The van der Waals surface area contributed by atoms with Crippen LogP contribution < -0.4 is 5.32 Å². The van der Waals surface area contributed by atoms with Crippen molar-refractivity contribution in [2.24, 2.45) is 0 Å². The topological polar surface area (TPSA) is 85.0 Å². The van der Waals surface area contributed by atoms with Gasteiger partial charge in [0.1, 0.15) is 5.75 Å². The molecule has 0 saturated heterocycles. The molecule has 2 heterocycles. The summed E-state index contributed by atoms with van der Waals surface area (Å²) in [6, 6.07) is 25.7. The molecule has 0 unspecified atom stereocenters. The number of benzene rings is 4. The van der Waals surface area contributed by atoms with Crippen molar-refractivity contribution in [3.05, 3.63) is 94.5 Å². The van der Waals surface area contributed by atoms with Gasteiger partial charge in [0.25, 0.3) is 0 Å². The highest BCUT2D eigenvalue weighted by molar-refractivity contribution is 9.10. The van der Waals surface area contributed by atoms with Crippen LogP contribution in [0.2, 0.25) is 0 Å². The minimum atomic E-state index is -0.143. The van der Waals surface area contributed by atoms with Crippen LogP contribution in [-0.2, 0) is 11.3 Å². The molecule has 0 spiro atoms. The number of phenolic OH excluding ortho intramolecular Hbond substituents is 1. The van der Waals surface area contributed by atoms with E-state index in [0.717, 1.165) is 44.4 Å². The molecule has 9 heteroatoms. The first-order chi connectivity index (χ1) is 19.8. The quantitative estimate of drug-likeness (QED) is 0.176. The van der Waals surface area contributed by atoms with Gasteiger partial charge in [-0.05, 0) is 74.9 Å². The van der Waals surface area contributed by atoms with E-state index in [9.17, 15) is 9.90 Å². The Morgan fingerprint density at radius 1 is 0.951 bits per heavy atom. The molecule has 0 radical (unpaired) electrons. The highest BCUT2D eigenvalue weighted by atomic mass is 79.9. The Kier molecular flexibility index (Phi) is 7.32. The highest BCUT2D eigenvalue weighted by Gasteiger charge is 2.21. The summed E-state index contributed by atoms with van der Waals surface area (Å²) in [5.74, 6) is 0.593. The predicted octanol–water partition coefficient (Wildman–Crippen LogP) is 7.88. The van der Waals surface area contributed by atoms with E-state index < -0.39 is 0 Å². The van der Waals surface area contributed by atoms with E-state index in [-0.39, 0.29) is 17.4 Å². The van der Waals surface area contributed by atoms with E-state index in [0.29, 0.717) is 16.5 Å². The molecule has 4 aromatic carbocycles. The van der Waals surface area contributed by atoms with Crippen molar-refractivity contribution in [3.63, 3.8) is 0 Å². The molecule has 0 saturated carbocycles. The van der Waals surface area contributed by atoms with Crippen molar-refractivity contribution >= 4 is 61.1 Å². The fourth-order valence-electron chi connectivity index (χ4n) is 5.30. The highest BCUT2D eigenvalue weighted by Crippen LogP contribution is 2.36. The fourth-order valence-corrected chi connectivity index (χ4v) is 6.40. The van der Waals surface area contributed by atoms with E-state index in [1.54, 1.807) is 12.1 Å². The second kappa shape index (κ2) is 11.1. The Hall–Kier alpha value is -4.08. The maximum atomic E-state index is 13.1. The van der Waals surface area contributed by atoms with Gasteiger partial charge in [0.05, 0.1) is 17.0 Å². The molecule has 6 aromatic rings. The van der Waals surface area contributed by atoms with E-state index in [4.69, 9.17) is 0 Å². The lowest BCUT2D eigenvalue weighted by atomic mass is 10.1. The number of rotatable bonds is 7. The van der Waals surface area contributed by atoms with Crippen LogP contribution in [0, 0.1) is 13.8 Å². The number of hydrogen-bond acceptors (Lipinski definition) is 5. The van der Waals surface area contributed by atoms with Crippen LogP contribution in [0.25, 0.3) is 38.9 Å². The maximum absolute atomic E-state index is 13.1. The lowest BCUT2D eigenvalue weighted by Crippen LogP contribution is -2.14. The molecule has 7 nitrogen and oxygen atoms in total. The van der Waals surface area contributed by atoms with Crippen molar-refractivity contribution in [2.45, 2.75) is 32.5 Å². The number of carbonyl (C=O) groups excluding carboxylic acids is 1. The van der Waals surface area contributed by atoms with Gasteiger partial charge in [-0.15, -0.1) is 10.2 Å². The van der Waals surface area contributed by atoms with Gasteiger partial charge in [0, 0.05) is 38.5 Å². The van der Waals surface area contributed by atoms with Gasteiger partial charge in [-0.1, -0.05) is 63.6 Å². The number of amides is 1. The van der Waals surface area contributed by atoms with Gasteiger partial charge < -0.3 is 15.0 Å². The third-order valence-electron chi connectivity index (χ3n) is 7.13. The van der Waals surface area contributed by atoms with Crippen molar-refractivity contribution in [1.82, 2.24) is 19.3 Å². The number of aromatic hydroxyl groups is 1. The molecule has 0 aliphatic heterocycles. The SMILES string of the molecule is CCn1c2ccccc2c2cc(NC(=O)CSc3nnc(-c4cc(Br)ccc4O)n3-c3ccc(C)cc3C)ccc21. The Morgan fingerprint density at radius 2 is 1.76 bits per heavy atom. The first-order valence-electron chi connectivity index (χ1n) is 13.3. The molecule has 0 fully saturated rings. The third kappa shape index (κ3) is 5.11. The van der Waals surface area contributed by atoms with Crippen molar-refractivity contribution in [1.29, 1.82) is 0 Å². The van der Waals surface area contributed by atoms with E-state index in [2.05, 4.69) is 67.2 Å². The Labute approximate surface area is 250 Å². The van der Waals surface area contributed by atoms with Crippen LogP contribution >= 0.6 is 27.7 Å². The fraction of sp³-hybridized carbons (Fsp3) is 0.156. The molecule has 6 rings (SSSR count). The largest absolute Gasteiger partial charge is 0.507 e. The van der Waals surface area contributed by atoms with Crippen molar-refractivity contribution < 1.29 is 9.90 Å².